The Balaban J connectivity index is 1.79. The predicted octanol–water partition coefficient (Wildman–Crippen LogP) is 2.69. The normalized spacial score (nSPS) is 17.3. The molecule has 1 fully saturated rings. The Labute approximate surface area is 132 Å². The standard InChI is InChI=1S/C14H18BrClN2O2/c15-12-2-1-11(9-13(12)16)10-18-7-5-17(6-8-18)4-3-14(19)20/h1-2,9H,3-8,10H2,(H,19,20). The molecule has 1 aromatic rings. The molecule has 0 radical (unpaired) electrons. The summed E-state index contributed by atoms with van der Waals surface area (Å²) < 4.78 is 0.918. The first kappa shape index (κ1) is 15.8. The SMILES string of the molecule is O=C(O)CCN1CCN(Cc2ccc(Br)c(Cl)c2)CC1. The van der Waals surface area contributed by atoms with E-state index in [1.165, 1.54) is 5.56 Å². The van der Waals surface area contributed by atoms with Gasteiger partial charge in [0.15, 0.2) is 0 Å². The van der Waals surface area contributed by atoms with E-state index in [-0.39, 0.29) is 6.42 Å². The van der Waals surface area contributed by atoms with Crippen LogP contribution >= 0.6 is 27.5 Å². The third kappa shape index (κ3) is 4.74. The molecular weight excluding hydrogens is 344 g/mol. The van der Waals surface area contributed by atoms with Gasteiger partial charge in [-0.1, -0.05) is 17.7 Å². The van der Waals surface area contributed by atoms with Crippen molar-refractivity contribution in [2.45, 2.75) is 13.0 Å². The van der Waals surface area contributed by atoms with Crippen molar-refractivity contribution in [3.8, 4) is 0 Å². The maximum atomic E-state index is 10.6. The Bertz CT molecular complexity index is 476. The highest BCUT2D eigenvalue weighted by Crippen LogP contribution is 2.24. The van der Waals surface area contributed by atoms with Crippen molar-refractivity contribution in [2.75, 3.05) is 32.7 Å². The van der Waals surface area contributed by atoms with Crippen LogP contribution in [0.4, 0.5) is 0 Å². The van der Waals surface area contributed by atoms with Crippen molar-refractivity contribution in [2.24, 2.45) is 0 Å². The number of carboxylic acid groups (broad SMARTS) is 1. The van der Waals surface area contributed by atoms with Gasteiger partial charge in [-0.3, -0.25) is 9.69 Å². The number of benzene rings is 1. The number of carbonyl (C=O) groups is 1. The number of piperazine rings is 1. The number of hydrogen-bond donors (Lipinski definition) is 1. The van der Waals surface area contributed by atoms with Crippen LogP contribution < -0.4 is 0 Å². The number of rotatable bonds is 5. The van der Waals surface area contributed by atoms with Gasteiger partial charge in [0, 0.05) is 43.7 Å². The van der Waals surface area contributed by atoms with Crippen molar-refractivity contribution in [1.29, 1.82) is 0 Å². The van der Waals surface area contributed by atoms with Gasteiger partial charge >= 0.3 is 5.97 Å². The number of aliphatic carboxylic acids is 1. The monoisotopic (exact) mass is 360 g/mol. The second-order valence-corrected chi connectivity index (χ2v) is 6.27. The van der Waals surface area contributed by atoms with Crippen LogP contribution in [0.25, 0.3) is 0 Å². The van der Waals surface area contributed by atoms with Crippen LogP contribution in [0.3, 0.4) is 0 Å². The fraction of sp³-hybridized carbons (Fsp3) is 0.500. The number of hydrogen-bond acceptors (Lipinski definition) is 3. The second kappa shape index (κ2) is 7.41. The van der Waals surface area contributed by atoms with E-state index in [1.54, 1.807) is 0 Å². The highest BCUT2D eigenvalue weighted by Gasteiger charge is 2.17. The molecule has 1 saturated heterocycles. The van der Waals surface area contributed by atoms with Gasteiger partial charge in [0.25, 0.3) is 0 Å². The Morgan fingerprint density at radius 1 is 1.25 bits per heavy atom. The lowest BCUT2D eigenvalue weighted by atomic mass is 10.2. The van der Waals surface area contributed by atoms with Crippen molar-refractivity contribution < 1.29 is 9.90 Å². The molecule has 0 aromatic heterocycles. The Morgan fingerprint density at radius 3 is 2.50 bits per heavy atom. The van der Waals surface area contributed by atoms with Gasteiger partial charge in [-0.25, -0.2) is 0 Å². The van der Waals surface area contributed by atoms with Gasteiger partial charge in [-0.15, -0.1) is 0 Å². The topological polar surface area (TPSA) is 43.8 Å². The van der Waals surface area contributed by atoms with E-state index in [0.29, 0.717) is 6.54 Å². The zero-order valence-electron chi connectivity index (χ0n) is 11.2. The van der Waals surface area contributed by atoms with Crippen LogP contribution in [0.2, 0.25) is 5.02 Å². The summed E-state index contributed by atoms with van der Waals surface area (Å²) in [7, 11) is 0. The van der Waals surface area contributed by atoms with Crippen LogP contribution in [0.15, 0.2) is 22.7 Å². The van der Waals surface area contributed by atoms with Crippen molar-refractivity contribution in [3.63, 3.8) is 0 Å². The van der Waals surface area contributed by atoms with Gasteiger partial charge in [0.05, 0.1) is 11.4 Å². The van der Waals surface area contributed by atoms with Crippen LogP contribution in [-0.2, 0) is 11.3 Å². The van der Waals surface area contributed by atoms with E-state index in [4.69, 9.17) is 16.7 Å². The molecule has 110 valence electrons. The molecule has 2 rings (SSSR count). The van der Waals surface area contributed by atoms with Gasteiger partial charge < -0.3 is 10.0 Å². The first-order valence-corrected chi connectivity index (χ1v) is 7.82. The Kier molecular flexibility index (Phi) is 5.84. The average Bonchev–Trinajstić information content (AvgIpc) is 2.42. The first-order chi connectivity index (χ1) is 9.54. The average molecular weight is 362 g/mol. The van der Waals surface area contributed by atoms with E-state index in [9.17, 15) is 4.79 Å². The van der Waals surface area contributed by atoms with Crippen LogP contribution in [0.5, 0.6) is 0 Å². The number of halogens is 2. The summed E-state index contributed by atoms with van der Waals surface area (Å²) in [6, 6.07) is 6.04. The van der Waals surface area contributed by atoms with E-state index >= 15 is 0 Å². The first-order valence-electron chi connectivity index (χ1n) is 6.65. The van der Waals surface area contributed by atoms with E-state index < -0.39 is 5.97 Å². The maximum absolute atomic E-state index is 10.6. The summed E-state index contributed by atoms with van der Waals surface area (Å²) in [6.45, 7) is 5.32. The number of nitrogens with zero attached hydrogens (tertiary/aromatic N) is 2. The molecule has 0 spiro atoms. The minimum Gasteiger partial charge on any atom is -0.481 e. The molecule has 1 heterocycles. The molecule has 1 aliphatic rings. The van der Waals surface area contributed by atoms with Crippen LogP contribution in [0, 0.1) is 0 Å². The smallest absolute Gasteiger partial charge is 0.304 e. The Morgan fingerprint density at radius 2 is 1.90 bits per heavy atom. The third-order valence-corrected chi connectivity index (χ3v) is 4.73. The molecule has 0 atom stereocenters. The lowest BCUT2D eigenvalue weighted by Gasteiger charge is -2.34. The largest absolute Gasteiger partial charge is 0.481 e. The summed E-state index contributed by atoms with van der Waals surface area (Å²) in [5.41, 5.74) is 1.21. The summed E-state index contributed by atoms with van der Waals surface area (Å²) in [5.74, 6) is -0.725. The maximum Gasteiger partial charge on any atom is 0.304 e. The quantitative estimate of drug-likeness (QED) is 0.876. The fourth-order valence-corrected chi connectivity index (χ4v) is 2.77. The molecule has 0 saturated carbocycles. The van der Waals surface area contributed by atoms with Gasteiger partial charge in [-0.05, 0) is 33.6 Å². The summed E-state index contributed by atoms with van der Waals surface area (Å²) in [4.78, 5) is 15.1. The molecule has 1 aliphatic heterocycles. The minimum absolute atomic E-state index is 0.225. The third-order valence-electron chi connectivity index (χ3n) is 3.50. The van der Waals surface area contributed by atoms with Crippen LogP contribution in [0.1, 0.15) is 12.0 Å². The highest BCUT2D eigenvalue weighted by atomic mass is 79.9. The molecule has 0 unspecified atom stereocenters. The summed E-state index contributed by atoms with van der Waals surface area (Å²) in [5, 5.41) is 9.42. The highest BCUT2D eigenvalue weighted by molar-refractivity contribution is 9.10. The molecule has 6 heteroatoms. The second-order valence-electron chi connectivity index (χ2n) is 5.01. The van der Waals surface area contributed by atoms with Crippen molar-refractivity contribution >= 4 is 33.5 Å². The Hall–Kier alpha value is -0.620. The molecule has 1 N–H and O–H groups in total. The molecule has 0 aliphatic carbocycles. The minimum atomic E-state index is -0.725. The van der Waals surface area contributed by atoms with E-state index in [0.717, 1.165) is 42.2 Å². The zero-order valence-corrected chi connectivity index (χ0v) is 13.5. The predicted molar refractivity (Wildman–Crippen MR) is 83.1 cm³/mol. The molecule has 0 bridgehead atoms. The zero-order chi connectivity index (χ0) is 14.5. The molecule has 1 aromatic carbocycles. The van der Waals surface area contributed by atoms with E-state index in [1.807, 2.05) is 12.1 Å². The summed E-state index contributed by atoms with van der Waals surface area (Å²) in [6.07, 6.45) is 0.225. The molecule has 4 nitrogen and oxygen atoms in total. The molecule has 0 amide bonds. The fourth-order valence-electron chi connectivity index (χ4n) is 2.32. The lowest BCUT2D eigenvalue weighted by Crippen LogP contribution is -2.46. The van der Waals surface area contributed by atoms with Gasteiger partial charge in [-0.2, -0.15) is 0 Å². The number of carboxylic acids is 1. The van der Waals surface area contributed by atoms with E-state index in [2.05, 4.69) is 31.8 Å². The summed E-state index contributed by atoms with van der Waals surface area (Å²) >= 11 is 9.49. The van der Waals surface area contributed by atoms with Crippen molar-refractivity contribution in [3.05, 3.63) is 33.3 Å². The molecular formula is C14H18BrClN2O2. The van der Waals surface area contributed by atoms with Gasteiger partial charge in [0.2, 0.25) is 0 Å². The van der Waals surface area contributed by atoms with Gasteiger partial charge in [0.1, 0.15) is 0 Å². The van der Waals surface area contributed by atoms with Crippen molar-refractivity contribution in [1.82, 2.24) is 9.80 Å². The van der Waals surface area contributed by atoms with Crippen LogP contribution in [-0.4, -0.2) is 53.6 Å². The molecule has 20 heavy (non-hydrogen) atoms. The lowest BCUT2D eigenvalue weighted by molar-refractivity contribution is -0.137.